The molecule has 7 nitrogen and oxygen atoms in total. The highest BCUT2D eigenvalue weighted by Gasteiger charge is 2.31. The SMILES string of the molecule is CC(=NNC(=O)C[n+]1ccccc1)C1CCCC([N+](=O)[O-])C1. The molecule has 1 aromatic heterocycles. The van der Waals surface area contributed by atoms with Gasteiger partial charge in [-0.1, -0.05) is 6.07 Å². The van der Waals surface area contributed by atoms with Crippen LogP contribution in [0.15, 0.2) is 35.7 Å². The third kappa shape index (κ3) is 4.61. The van der Waals surface area contributed by atoms with Crippen molar-refractivity contribution in [2.45, 2.75) is 45.2 Å². The van der Waals surface area contributed by atoms with Crippen molar-refractivity contribution >= 4 is 11.6 Å². The number of pyridine rings is 1. The van der Waals surface area contributed by atoms with E-state index in [1.165, 1.54) is 0 Å². The van der Waals surface area contributed by atoms with Gasteiger partial charge in [0.1, 0.15) is 0 Å². The number of nitro groups is 1. The van der Waals surface area contributed by atoms with Crippen LogP contribution >= 0.6 is 0 Å². The van der Waals surface area contributed by atoms with Crippen LogP contribution < -0.4 is 9.99 Å². The van der Waals surface area contributed by atoms with Gasteiger partial charge in [-0.05, 0) is 19.8 Å². The highest BCUT2D eigenvalue weighted by atomic mass is 16.6. The van der Waals surface area contributed by atoms with Crippen LogP contribution in [0.2, 0.25) is 0 Å². The normalized spacial score (nSPS) is 22.1. The first kappa shape index (κ1) is 16.1. The van der Waals surface area contributed by atoms with Crippen molar-refractivity contribution in [3.63, 3.8) is 0 Å². The van der Waals surface area contributed by atoms with Gasteiger partial charge in [0.05, 0.1) is 0 Å². The molecular weight excluding hydrogens is 284 g/mol. The van der Waals surface area contributed by atoms with Gasteiger partial charge in [-0.3, -0.25) is 14.9 Å². The summed E-state index contributed by atoms with van der Waals surface area (Å²) in [5.41, 5.74) is 3.29. The van der Waals surface area contributed by atoms with Crippen molar-refractivity contribution in [1.82, 2.24) is 5.43 Å². The van der Waals surface area contributed by atoms with E-state index in [4.69, 9.17) is 0 Å². The Labute approximate surface area is 129 Å². The van der Waals surface area contributed by atoms with Crippen LogP contribution in [-0.4, -0.2) is 22.6 Å². The van der Waals surface area contributed by atoms with Gasteiger partial charge in [0, 0.05) is 41.5 Å². The molecule has 2 atom stereocenters. The zero-order valence-electron chi connectivity index (χ0n) is 12.6. The summed E-state index contributed by atoms with van der Waals surface area (Å²) < 4.78 is 1.75. The molecule has 2 unspecified atom stereocenters. The summed E-state index contributed by atoms with van der Waals surface area (Å²) >= 11 is 0. The van der Waals surface area contributed by atoms with Gasteiger partial charge in [0.25, 0.3) is 0 Å². The van der Waals surface area contributed by atoms with Gasteiger partial charge in [-0.15, -0.1) is 0 Å². The van der Waals surface area contributed by atoms with E-state index in [0.717, 1.165) is 18.6 Å². The summed E-state index contributed by atoms with van der Waals surface area (Å²) in [6.45, 7) is 2.02. The molecule has 1 N–H and O–H groups in total. The van der Waals surface area contributed by atoms with Gasteiger partial charge in [-0.25, -0.2) is 5.43 Å². The third-order valence-corrected chi connectivity index (χ3v) is 4.00. The zero-order valence-corrected chi connectivity index (χ0v) is 12.6. The van der Waals surface area contributed by atoms with Crippen molar-refractivity contribution < 1.29 is 14.3 Å². The van der Waals surface area contributed by atoms with Crippen LogP contribution in [0.4, 0.5) is 0 Å². The van der Waals surface area contributed by atoms with Crippen LogP contribution in [0.25, 0.3) is 0 Å². The summed E-state index contributed by atoms with van der Waals surface area (Å²) in [5, 5.41) is 15.0. The van der Waals surface area contributed by atoms with E-state index in [9.17, 15) is 14.9 Å². The number of nitrogens with one attached hydrogen (secondary N) is 1. The average Bonchev–Trinajstić information content (AvgIpc) is 2.53. The maximum absolute atomic E-state index is 11.8. The lowest BCUT2D eigenvalue weighted by molar-refractivity contribution is -0.684. The summed E-state index contributed by atoms with van der Waals surface area (Å²) in [6, 6.07) is 5.09. The fraction of sp³-hybridized carbons (Fsp3) is 0.533. The maximum Gasteiger partial charge on any atom is 0.305 e. The van der Waals surface area contributed by atoms with Crippen molar-refractivity contribution in [2.24, 2.45) is 11.0 Å². The van der Waals surface area contributed by atoms with Crippen LogP contribution in [0, 0.1) is 16.0 Å². The Morgan fingerprint density at radius 2 is 2.09 bits per heavy atom. The summed E-state index contributed by atoms with van der Waals surface area (Å²) in [5.74, 6) is -0.133. The first-order chi connectivity index (χ1) is 10.6. The smallest absolute Gasteiger partial charge is 0.266 e. The maximum atomic E-state index is 11.8. The molecule has 0 saturated heterocycles. The minimum Gasteiger partial charge on any atom is -0.266 e. The molecule has 0 aliphatic heterocycles. The molecule has 1 heterocycles. The molecule has 0 radical (unpaired) electrons. The van der Waals surface area contributed by atoms with Crippen LogP contribution in [0.1, 0.15) is 32.6 Å². The Hall–Kier alpha value is -2.31. The molecule has 22 heavy (non-hydrogen) atoms. The Bertz CT molecular complexity index is 559. The molecule has 0 bridgehead atoms. The summed E-state index contributed by atoms with van der Waals surface area (Å²) in [4.78, 5) is 22.5. The van der Waals surface area contributed by atoms with E-state index in [1.54, 1.807) is 17.0 Å². The molecule has 7 heteroatoms. The first-order valence-electron chi connectivity index (χ1n) is 7.47. The number of carbonyl (C=O) groups is 1. The molecule has 0 spiro atoms. The summed E-state index contributed by atoms with van der Waals surface area (Å²) in [6.07, 6.45) is 6.47. The molecule has 1 aromatic rings. The van der Waals surface area contributed by atoms with Gasteiger partial charge < -0.3 is 0 Å². The lowest BCUT2D eigenvalue weighted by Gasteiger charge is -2.23. The van der Waals surface area contributed by atoms with Crippen molar-refractivity contribution in [2.75, 3.05) is 0 Å². The highest BCUT2D eigenvalue weighted by molar-refractivity contribution is 5.86. The minimum atomic E-state index is -0.487. The topological polar surface area (TPSA) is 88.5 Å². The summed E-state index contributed by atoms with van der Waals surface area (Å²) in [7, 11) is 0. The third-order valence-electron chi connectivity index (χ3n) is 4.00. The van der Waals surface area contributed by atoms with Crippen LogP contribution in [-0.2, 0) is 11.3 Å². The van der Waals surface area contributed by atoms with Crippen molar-refractivity contribution in [3.8, 4) is 0 Å². The van der Waals surface area contributed by atoms with E-state index in [-0.39, 0.29) is 23.3 Å². The second-order valence-electron chi connectivity index (χ2n) is 5.64. The molecule has 1 fully saturated rings. The Morgan fingerprint density at radius 1 is 1.36 bits per heavy atom. The lowest BCUT2D eigenvalue weighted by atomic mass is 9.83. The zero-order chi connectivity index (χ0) is 15.9. The monoisotopic (exact) mass is 305 g/mol. The number of rotatable bonds is 5. The van der Waals surface area contributed by atoms with E-state index in [1.807, 2.05) is 25.1 Å². The van der Waals surface area contributed by atoms with Gasteiger partial charge in [0.2, 0.25) is 12.6 Å². The second kappa shape index (κ2) is 7.63. The Morgan fingerprint density at radius 3 is 2.77 bits per heavy atom. The molecule has 1 amide bonds. The second-order valence-corrected chi connectivity index (χ2v) is 5.64. The van der Waals surface area contributed by atoms with E-state index in [0.29, 0.717) is 12.8 Å². The number of hydrazone groups is 1. The fourth-order valence-electron chi connectivity index (χ4n) is 2.72. The number of hydrogen-bond acceptors (Lipinski definition) is 4. The standard InChI is InChI=1S/C15H20N4O3/c1-12(13-6-5-7-14(10-13)19(21)22)16-17-15(20)11-18-8-3-2-4-9-18/h2-4,8-9,13-14H,5-7,10-11H2,1H3/p+1. The van der Waals surface area contributed by atoms with Gasteiger partial charge in [0.15, 0.2) is 12.4 Å². The van der Waals surface area contributed by atoms with E-state index in [2.05, 4.69) is 10.5 Å². The van der Waals surface area contributed by atoms with Gasteiger partial charge >= 0.3 is 5.91 Å². The Kier molecular flexibility index (Phi) is 5.57. The molecule has 1 saturated carbocycles. The fourth-order valence-corrected chi connectivity index (χ4v) is 2.72. The predicted molar refractivity (Wildman–Crippen MR) is 80.6 cm³/mol. The van der Waals surface area contributed by atoms with Crippen molar-refractivity contribution in [1.29, 1.82) is 0 Å². The number of nitrogens with zero attached hydrogens (tertiary/aromatic N) is 3. The predicted octanol–water partition coefficient (Wildman–Crippen LogP) is 1.30. The molecule has 1 aliphatic carbocycles. The number of aromatic nitrogens is 1. The first-order valence-corrected chi connectivity index (χ1v) is 7.47. The van der Waals surface area contributed by atoms with Gasteiger partial charge in [-0.2, -0.15) is 9.67 Å². The number of amides is 1. The number of carbonyl (C=O) groups excluding carboxylic acids is 1. The Balaban J connectivity index is 1.86. The molecule has 2 rings (SSSR count). The molecule has 1 aliphatic rings. The number of hydrogen-bond donors (Lipinski definition) is 1. The molecule has 0 aromatic carbocycles. The molecule has 118 valence electrons. The largest absolute Gasteiger partial charge is 0.305 e. The van der Waals surface area contributed by atoms with Crippen LogP contribution in [0.5, 0.6) is 0 Å². The van der Waals surface area contributed by atoms with Crippen LogP contribution in [0.3, 0.4) is 0 Å². The van der Waals surface area contributed by atoms with E-state index < -0.39 is 6.04 Å². The lowest BCUT2D eigenvalue weighted by Crippen LogP contribution is -2.41. The van der Waals surface area contributed by atoms with Crippen molar-refractivity contribution in [3.05, 3.63) is 40.7 Å². The molecular formula is C15H21N4O3+. The minimum absolute atomic E-state index is 0.0776. The highest BCUT2D eigenvalue weighted by Crippen LogP contribution is 2.26. The quantitative estimate of drug-likeness (QED) is 0.385. The average molecular weight is 305 g/mol. The van der Waals surface area contributed by atoms with E-state index >= 15 is 0 Å².